The van der Waals surface area contributed by atoms with Gasteiger partial charge in [-0.15, -0.1) is 0 Å². The van der Waals surface area contributed by atoms with Crippen LogP contribution < -0.4 is 0 Å². The maximum absolute atomic E-state index is 13.5. The molecule has 0 aromatic carbocycles. The Bertz CT molecular complexity index is 412. The molecule has 1 fully saturated rings. The number of aromatic nitrogens is 1. The largest absolute Gasteiger partial charge is 0.333 e. The SMILES string of the molecule is CC1CCCC(C)N1C(=O)c1cccnc1F. The highest BCUT2D eigenvalue weighted by Gasteiger charge is 2.30. The van der Waals surface area contributed by atoms with Crippen molar-refractivity contribution in [3.05, 3.63) is 29.8 Å². The van der Waals surface area contributed by atoms with Crippen molar-refractivity contribution in [1.82, 2.24) is 9.88 Å². The highest BCUT2D eigenvalue weighted by atomic mass is 19.1. The van der Waals surface area contributed by atoms with Crippen molar-refractivity contribution in [2.24, 2.45) is 0 Å². The average Bonchev–Trinajstić information content (AvgIpc) is 2.29. The summed E-state index contributed by atoms with van der Waals surface area (Å²) in [4.78, 5) is 17.6. The first-order valence-electron chi connectivity index (χ1n) is 6.04. The van der Waals surface area contributed by atoms with Crippen LogP contribution in [0.4, 0.5) is 4.39 Å². The summed E-state index contributed by atoms with van der Waals surface area (Å²) in [5.74, 6) is -0.919. The molecule has 92 valence electrons. The van der Waals surface area contributed by atoms with Crippen LogP contribution in [0.15, 0.2) is 18.3 Å². The number of nitrogens with zero attached hydrogens (tertiary/aromatic N) is 2. The van der Waals surface area contributed by atoms with Crippen molar-refractivity contribution in [3.63, 3.8) is 0 Å². The Labute approximate surface area is 101 Å². The van der Waals surface area contributed by atoms with Crippen LogP contribution >= 0.6 is 0 Å². The molecule has 0 bridgehead atoms. The Morgan fingerprint density at radius 2 is 2.06 bits per heavy atom. The van der Waals surface area contributed by atoms with Gasteiger partial charge in [0.2, 0.25) is 5.95 Å². The Morgan fingerprint density at radius 3 is 2.65 bits per heavy atom. The van der Waals surface area contributed by atoms with E-state index < -0.39 is 5.95 Å². The zero-order valence-corrected chi connectivity index (χ0v) is 10.2. The lowest BCUT2D eigenvalue weighted by Crippen LogP contribution is -2.47. The maximum Gasteiger partial charge on any atom is 0.258 e. The molecule has 1 aromatic heterocycles. The fourth-order valence-corrected chi connectivity index (χ4v) is 2.51. The first-order chi connectivity index (χ1) is 8.11. The summed E-state index contributed by atoms with van der Waals surface area (Å²) in [7, 11) is 0. The lowest BCUT2D eigenvalue weighted by atomic mass is 9.96. The summed E-state index contributed by atoms with van der Waals surface area (Å²) in [5, 5.41) is 0. The van der Waals surface area contributed by atoms with E-state index in [2.05, 4.69) is 4.98 Å². The van der Waals surface area contributed by atoms with Gasteiger partial charge < -0.3 is 4.90 Å². The first kappa shape index (κ1) is 12.0. The zero-order valence-electron chi connectivity index (χ0n) is 10.2. The third-order valence-electron chi connectivity index (χ3n) is 3.42. The molecule has 0 N–H and O–H groups in total. The fourth-order valence-electron chi connectivity index (χ4n) is 2.51. The molecule has 2 rings (SSSR count). The van der Waals surface area contributed by atoms with Crippen molar-refractivity contribution in [2.45, 2.75) is 45.2 Å². The van der Waals surface area contributed by atoms with E-state index >= 15 is 0 Å². The van der Waals surface area contributed by atoms with E-state index in [1.54, 1.807) is 11.0 Å². The van der Waals surface area contributed by atoms with Crippen LogP contribution in [0.2, 0.25) is 0 Å². The second kappa shape index (κ2) is 4.82. The maximum atomic E-state index is 13.5. The van der Waals surface area contributed by atoms with Gasteiger partial charge in [-0.25, -0.2) is 4.98 Å². The zero-order chi connectivity index (χ0) is 12.4. The lowest BCUT2D eigenvalue weighted by Gasteiger charge is -2.39. The number of carbonyl (C=O) groups excluding carboxylic acids is 1. The van der Waals surface area contributed by atoms with E-state index in [1.165, 1.54) is 12.3 Å². The fraction of sp³-hybridized carbons (Fsp3) is 0.538. The predicted octanol–water partition coefficient (Wildman–Crippen LogP) is 2.62. The molecule has 3 nitrogen and oxygen atoms in total. The summed E-state index contributed by atoms with van der Waals surface area (Å²) in [6.45, 7) is 4.03. The molecule has 17 heavy (non-hydrogen) atoms. The van der Waals surface area contributed by atoms with Crippen LogP contribution in [0, 0.1) is 5.95 Å². The number of piperidine rings is 1. The molecule has 1 aliphatic rings. The van der Waals surface area contributed by atoms with Crippen LogP contribution in [-0.2, 0) is 0 Å². The molecule has 0 spiro atoms. The summed E-state index contributed by atoms with van der Waals surface area (Å²) < 4.78 is 13.5. The predicted molar refractivity (Wildman–Crippen MR) is 63.1 cm³/mol. The number of pyridine rings is 1. The van der Waals surface area contributed by atoms with Gasteiger partial charge in [0, 0.05) is 18.3 Å². The van der Waals surface area contributed by atoms with Gasteiger partial charge in [-0.3, -0.25) is 4.79 Å². The van der Waals surface area contributed by atoms with Crippen LogP contribution in [0.5, 0.6) is 0 Å². The molecule has 0 aliphatic carbocycles. The van der Waals surface area contributed by atoms with Crippen molar-refractivity contribution < 1.29 is 9.18 Å². The lowest BCUT2D eigenvalue weighted by molar-refractivity contribution is 0.0505. The number of carbonyl (C=O) groups is 1. The van der Waals surface area contributed by atoms with Gasteiger partial charge in [-0.05, 0) is 45.2 Å². The molecule has 0 radical (unpaired) electrons. The molecule has 2 heterocycles. The highest BCUT2D eigenvalue weighted by molar-refractivity contribution is 5.94. The van der Waals surface area contributed by atoms with E-state index in [0.29, 0.717) is 0 Å². The van der Waals surface area contributed by atoms with E-state index in [9.17, 15) is 9.18 Å². The number of halogens is 1. The molecule has 2 unspecified atom stereocenters. The van der Waals surface area contributed by atoms with E-state index in [0.717, 1.165) is 19.3 Å². The van der Waals surface area contributed by atoms with Crippen molar-refractivity contribution in [3.8, 4) is 0 Å². The third-order valence-corrected chi connectivity index (χ3v) is 3.42. The van der Waals surface area contributed by atoms with Gasteiger partial charge in [-0.2, -0.15) is 4.39 Å². The van der Waals surface area contributed by atoms with E-state index in [4.69, 9.17) is 0 Å². The Morgan fingerprint density at radius 1 is 1.41 bits per heavy atom. The van der Waals surface area contributed by atoms with Crippen LogP contribution in [0.25, 0.3) is 0 Å². The standard InChI is InChI=1S/C13H17FN2O/c1-9-5-3-6-10(2)16(9)13(17)11-7-4-8-15-12(11)14/h4,7-10H,3,5-6H2,1-2H3. The number of hydrogen-bond donors (Lipinski definition) is 0. The highest BCUT2D eigenvalue weighted by Crippen LogP contribution is 2.24. The number of likely N-dealkylation sites (tertiary alicyclic amines) is 1. The van der Waals surface area contributed by atoms with E-state index in [-0.39, 0.29) is 23.6 Å². The minimum atomic E-state index is -0.678. The third kappa shape index (κ3) is 2.30. The Balaban J connectivity index is 2.27. The molecule has 1 aromatic rings. The van der Waals surface area contributed by atoms with Crippen molar-refractivity contribution in [2.75, 3.05) is 0 Å². The minimum Gasteiger partial charge on any atom is -0.333 e. The van der Waals surface area contributed by atoms with Gasteiger partial charge >= 0.3 is 0 Å². The molecule has 4 heteroatoms. The Kier molecular flexibility index (Phi) is 3.41. The summed E-state index contributed by atoms with van der Waals surface area (Å²) in [6, 6.07) is 3.44. The van der Waals surface area contributed by atoms with Crippen molar-refractivity contribution in [1.29, 1.82) is 0 Å². The molecule has 2 atom stereocenters. The number of hydrogen-bond acceptors (Lipinski definition) is 2. The normalized spacial score (nSPS) is 24.8. The topological polar surface area (TPSA) is 33.2 Å². The quantitative estimate of drug-likeness (QED) is 0.702. The molecular weight excluding hydrogens is 219 g/mol. The van der Waals surface area contributed by atoms with Gasteiger partial charge in [0.25, 0.3) is 5.91 Å². The van der Waals surface area contributed by atoms with Crippen LogP contribution in [-0.4, -0.2) is 27.9 Å². The van der Waals surface area contributed by atoms with Crippen molar-refractivity contribution >= 4 is 5.91 Å². The monoisotopic (exact) mass is 236 g/mol. The summed E-state index contributed by atoms with van der Waals surface area (Å²) in [5.41, 5.74) is 0.0769. The Hall–Kier alpha value is -1.45. The van der Waals surface area contributed by atoms with Gasteiger partial charge in [0.1, 0.15) is 0 Å². The minimum absolute atomic E-state index is 0.0769. The average molecular weight is 236 g/mol. The second-order valence-corrected chi connectivity index (χ2v) is 4.68. The van der Waals surface area contributed by atoms with Crippen LogP contribution in [0.1, 0.15) is 43.5 Å². The second-order valence-electron chi connectivity index (χ2n) is 4.68. The molecular formula is C13H17FN2O. The summed E-state index contributed by atoms with van der Waals surface area (Å²) >= 11 is 0. The number of rotatable bonds is 1. The number of amides is 1. The van der Waals surface area contributed by atoms with Gasteiger partial charge in [0.05, 0.1) is 5.56 Å². The molecule has 1 amide bonds. The molecule has 1 aliphatic heterocycles. The smallest absolute Gasteiger partial charge is 0.258 e. The van der Waals surface area contributed by atoms with E-state index in [1.807, 2.05) is 13.8 Å². The summed E-state index contributed by atoms with van der Waals surface area (Å²) in [6.07, 6.45) is 4.45. The molecule has 1 saturated heterocycles. The van der Waals surface area contributed by atoms with Gasteiger partial charge in [0.15, 0.2) is 0 Å². The molecule has 0 saturated carbocycles. The first-order valence-corrected chi connectivity index (χ1v) is 6.04. The van der Waals surface area contributed by atoms with Crippen LogP contribution in [0.3, 0.4) is 0 Å². The van der Waals surface area contributed by atoms with Gasteiger partial charge in [-0.1, -0.05) is 0 Å².